The summed E-state index contributed by atoms with van der Waals surface area (Å²) in [5.74, 6) is 0.732. The van der Waals surface area contributed by atoms with Crippen molar-refractivity contribution < 1.29 is 9.53 Å². The Bertz CT molecular complexity index is 690. The van der Waals surface area contributed by atoms with Crippen molar-refractivity contribution in [2.45, 2.75) is 26.0 Å². The number of carbonyl (C=O) groups is 1. The van der Waals surface area contributed by atoms with E-state index in [2.05, 4.69) is 10.3 Å². The number of ether oxygens (including phenoxy) is 1. The number of hydrogen-bond acceptors (Lipinski definition) is 4. The minimum atomic E-state index is -0.524. The zero-order chi connectivity index (χ0) is 16.9. The maximum atomic E-state index is 12.9. The lowest BCUT2D eigenvalue weighted by molar-refractivity contribution is -0.141. The van der Waals surface area contributed by atoms with E-state index in [1.165, 1.54) is 0 Å². The molecule has 126 valence electrons. The zero-order valence-electron chi connectivity index (χ0n) is 14.1. The molecule has 2 atom stereocenters. The largest absolute Gasteiger partial charge is 0.481 e. The molecule has 0 aliphatic carbocycles. The monoisotopic (exact) mass is 325 g/mol. The first-order valence-electron chi connectivity index (χ1n) is 8.29. The molecule has 0 spiro atoms. The summed E-state index contributed by atoms with van der Waals surface area (Å²) in [6.45, 7) is 6.01. The van der Waals surface area contributed by atoms with Gasteiger partial charge in [0.1, 0.15) is 5.75 Å². The molecule has 5 nitrogen and oxygen atoms in total. The van der Waals surface area contributed by atoms with Crippen molar-refractivity contribution in [3.05, 3.63) is 59.9 Å². The summed E-state index contributed by atoms with van der Waals surface area (Å²) in [4.78, 5) is 19.0. The van der Waals surface area contributed by atoms with E-state index in [1.807, 2.05) is 61.3 Å². The fraction of sp³-hybridized carbons (Fsp3) is 0.368. The van der Waals surface area contributed by atoms with Crippen LogP contribution < -0.4 is 10.1 Å². The van der Waals surface area contributed by atoms with Gasteiger partial charge in [-0.3, -0.25) is 9.78 Å². The van der Waals surface area contributed by atoms with Crippen molar-refractivity contribution in [1.29, 1.82) is 0 Å². The van der Waals surface area contributed by atoms with Crippen LogP contribution in [0.5, 0.6) is 5.75 Å². The van der Waals surface area contributed by atoms with E-state index in [9.17, 15) is 4.79 Å². The van der Waals surface area contributed by atoms with Gasteiger partial charge in [0.2, 0.25) is 0 Å². The molecule has 1 aromatic heterocycles. The van der Waals surface area contributed by atoms with Gasteiger partial charge in [0.25, 0.3) is 5.91 Å². The summed E-state index contributed by atoms with van der Waals surface area (Å²) < 4.78 is 5.87. The molecule has 1 aliphatic rings. The summed E-state index contributed by atoms with van der Waals surface area (Å²) in [6.07, 6.45) is 3.04. The summed E-state index contributed by atoms with van der Waals surface area (Å²) in [6, 6.07) is 11.7. The molecule has 1 aliphatic heterocycles. The minimum absolute atomic E-state index is 0.00635. The Balaban J connectivity index is 1.74. The number of pyridine rings is 1. The number of nitrogens with one attached hydrogen (secondary N) is 1. The van der Waals surface area contributed by atoms with Gasteiger partial charge in [0.15, 0.2) is 6.10 Å². The first-order valence-corrected chi connectivity index (χ1v) is 8.29. The molecule has 3 rings (SSSR count). The van der Waals surface area contributed by atoms with Crippen molar-refractivity contribution in [3.63, 3.8) is 0 Å². The highest BCUT2D eigenvalue weighted by molar-refractivity contribution is 5.81. The van der Waals surface area contributed by atoms with Crippen molar-refractivity contribution in [3.8, 4) is 5.75 Å². The molecule has 2 heterocycles. The van der Waals surface area contributed by atoms with Crippen molar-refractivity contribution in [1.82, 2.24) is 15.2 Å². The van der Waals surface area contributed by atoms with Crippen LogP contribution in [0.1, 0.15) is 24.1 Å². The van der Waals surface area contributed by atoms with Crippen LogP contribution in [-0.4, -0.2) is 41.5 Å². The first-order chi connectivity index (χ1) is 11.6. The van der Waals surface area contributed by atoms with Crippen LogP contribution in [0, 0.1) is 6.92 Å². The lowest BCUT2D eigenvalue weighted by atomic mass is 10.0. The van der Waals surface area contributed by atoms with Crippen molar-refractivity contribution in [2.75, 3.05) is 19.6 Å². The highest BCUT2D eigenvalue weighted by atomic mass is 16.5. The first kappa shape index (κ1) is 16.5. The number of rotatable bonds is 4. The second-order valence-corrected chi connectivity index (χ2v) is 6.11. The lowest BCUT2D eigenvalue weighted by Crippen LogP contribution is -2.52. The molecule has 24 heavy (non-hydrogen) atoms. The smallest absolute Gasteiger partial charge is 0.263 e. The van der Waals surface area contributed by atoms with Crippen LogP contribution in [0.15, 0.2) is 48.8 Å². The number of hydrogen-bond donors (Lipinski definition) is 1. The molecular formula is C19H23N3O2. The summed E-state index contributed by atoms with van der Waals surface area (Å²) >= 11 is 0. The summed E-state index contributed by atoms with van der Waals surface area (Å²) in [5, 5.41) is 3.35. The molecule has 2 aromatic rings. The quantitative estimate of drug-likeness (QED) is 0.937. The van der Waals surface area contributed by atoms with E-state index < -0.39 is 6.10 Å². The fourth-order valence-electron chi connectivity index (χ4n) is 3.02. The van der Waals surface area contributed by atoms with Crippen LogP contribution in [-0.2, 0) is 4.79 Å². The van der Waals surface area contributed by atoms with Gasteiger partial charge in [-0.1, -0.05) is 18.2 Å². The topological polar surface area (TPSA) is 54.5 Å². The second kappa shape index (κ2) is 7.45. The third kappa shape index (κ3) is 3.74. The predicted molar refractivity (Wildman–Crippen MR) is 92.8 cm³/mol. The normalized spacial score (nSPS) is 18.9. The highest BCUT2D eigenvalue weighted by Crippen LogP contribution is 2.23. The fourth-order valence-corrected chi connectivity index (χ4v) is 3.02. The molecule has 1 amide bonds. The number of aryl methyl sites for hydroxylation is 1. The molecule has 2 unspecified atom stereocenters. The van der Waals surface area contributed by atoms with Crippen molar-refractivity contribution in [2.24, 2.45) is 0 Å². The maximum Gasteiger partial charge on any atom is 0.263 e. The predicted octanol–water partition coefficient (Wildman–Crippen LogP) is 2.33. The van der Waals surface area contributed by atoms with Gasteiger partial charge in [0, 0.05) is 32.0 Å². The molecule has 5 heteroatoms. The molecule has 1 fully saturated rings. The minimum Gasteiger partial charge on any atom is -0.481 e. The Hall–Kier alpha value is -2.40. The third-order valence-electron chi connectivity index (χ3n) is 4.25. The molecule has 0 bridgehead atoms. The summed E-state index contributed by atoms with van der Waals surface area (Å²) in [7, 11) is 0. The summed E-state index contributed by atoms with van der Waals surface area (Å²) in [5.41, 5.74) is 2.16. The van der Waals surface area contributed by atoms with Gasteiger partial charge in [-0.25, -0.2) is 0 Å². The van der Waals surface area contributed by atoms with E-state index in [-0.39, 0.29) is 11.9 Å². The van der Waals surface area contributed by atoms with Gasteiger partial charge in [-0.2, -0.15) is 0 Å². The number of benzene rings is 1. The van der Waals surface area contributed by atoms with E-state index in [4.69, 9.17) is 4.74 Å². The molecular weight excluding hydrogens is 302 g/mol. The molecule has 1 saturated heterocycles. The highest BCUT2D eigenvalue weighted by Gasteiger charge is 2.31. The zero-order valence-corrected chi connectivity index (χ0v) is 14.1. The molecule has 1 aromatic carbocycles. The Morgan fingerprint density at radius 1 is 1.38 bits per heavy atom. The van der Waals surface area contributed by atoms with Gasteiger partial charge < -0.3 is 15.0 Å². The molecule has 0 saturated carbocycles. The number of nitrogens with zero attached hydrogens (tertiary/aromatic N) is 2. The number of carbonyl (C=O) groups excluding carboxylic acids is 1. The Labute approximate surface area is 142 Å². The van der Waals surface area contributed by atoms with Crippen LogP contribution in [0.3, 0.4) is 0 Å². The second-order valence-electron chi connectivity index (χ2n) is 6.11. The van der Waals surface area contributed by atoms with Gasteiger partial charge in [-0.05, 0) is 43.2 Å². The number of aromatic nitrogens is 1. The SMILES string of the molecule is Cc1cccc(OC(C)C(=O)N2CCNCC2c2cccnc2)c1. The Morgan fingerprint density at radius 2 is 2.25 bits per heavy atom. The van der Waals surface area contributed by atoms with E-state index >= 15 is 0 Å². The standard InChI is InChI=1S/C19H23N3O2/c1-14-5-3-7-17(11-14)24-15(2)19(23)22-10-9-21-13-18(22)16-6-4-8-20-12-16/h3-8,11-12,15,18,21H,9-10,13H2,1-2H3. The van der Waals surface area contributed by atoms with Gasteiger partial charge in [-0.15, -0.1) is 0 Å². The van der Waals surface area contributed by atoms with Crippen LogP contribution in [0.2, 0.25) is 0 Å². The molecule has 0 radical (unpaired) electrons. The van der Waals surface area contributed by atoms with E-state index in [0.29, 0.717) is 6.54 Å². The van der Waals surface area contributed by atoms with Gasteiger partial charge >= 0.3 is 0 Å². The Morgan fingerprint density at radius 3 is 3.00 bits per heavy atom. The van der Waals surface area contributed by atoms with E-state index in [1.54, 1.807) is 6.20 Å². The van der Waals surface area contributed by atoms with Crippen LogP contribution in [0.4, 0.5) is 0 Å². The average molecular weight is 325 g/mol. The van der Waals surface area contributed by atoms with Crippen LogP contribution >= 0.6 is 0 Å². The number of piperazine rings is 1. The Kier molecular flexibility index (Phi) is 5.11. The average Bonchev–Trinajstić information content (AvgIpc) is 2.62. The van der Waals surface area contributed by atoms with Crippen LogP contribution in [0.25, 0.3) is 0 Å². The lowest BCUT2D eigenvalue weighted by Gasteiger charge is -2.37. The van der Waals surface area contributed by atoms with Crippen molar-refractivity contribution >= 4 is 5.91 Å². The molecule has 1 N–H and O–H groups in total. The number of amides is 1. The van der Waals surface area contributed by atoms with Gasteiger partial charge in [0.05, 0.1) is 6.04 Å². The third-order valence-corrected chi connectivity index (χ3v) is 4.25. The maximum absolute atomic E-state index is 12.9. The van der Waals surface area contributed by atoms with E-state index in [0.717, 1.165) is 30.0 Å².